The summed E-state index contributed by atoms with van der Waals surface area (Å²) in [6, 6.07) is 18.0. The van der Waals surface area contributed by atoms with Crippen molar-refractivity contribution < 1.29 is 9.59 Å². The van der Waals surface area contributed by atoms with Gasteiger partial charge in [0.1, 0.15) is 0 Å². The van der Waals surface area contributed by atoms with E-state index in [1.165, 1.54) is 6.92 Å². The molecule has 0 aliphatic heterocycles. The highest BCUT2D eigenvalue weighted by Crippen LogP contribution is 2.19. The number of hydrogen-bond acceptors (Lipinski definition) is 6. The topological polar surface area (TPSA) is 99.2 Å². The van der Waals surface area contributed by atoms with Crippen LogP contribution in [-0.4, -0.2) is 36.1 Å². The van der Waals surface area contributed by atoms with E-state index in [9.17, 15) is 9.59 Å². The van der Waals surface area contributed by atoms with E-state index in [0.29, 0.717) is 17.2 Å². The monoisotopic (exact) mass is 390 g/mol. The highest BCUT2D eigenvalue weighted by Gasteiger charge is 2.09. The van der Waals surface area contributed by atoms with Crippen molar-refractivity contribution in [2.45, 2.75) is 6.92 Å². The van der Waals surface area contributed by atoms with Crippen molar-refractivity contribution in [3.63, 3.8) is 0 Å². The highest BCUT2D eigenvalue weighted by molar-refractivity contribution is 6.03. The second-order valence-electron chi connectivity index (χ2n) is 6.59. The fourth-order valence-electron chi connectivity index (χ4n) is 2.58. The third-order valence-electron chi connectivity index (χ3n) is 3.99. The Morgan fingerprint density at radius 1 is 0.828 bits per heavy atom. The lowest BCUT2D eigenvalue weighted by atomic mass is 10.2. The largest absolute Gasteiger partial charge is 0.378 e. The highest BCUT2D eigenvalue weighted by atomic mass is 16.2. The van der Waals surface area contributed by atoms with Gasteiger partial charge in [-0.2, -0.15) is 0 Å². The van der Waals surface area contributed by atoms with E-state index < -0.39 is 0 Å². The standard InChI is InChI=1S/C21H22N6O2/c1-14(28)22-16-5-4-6-17(13-16)24-21(29)19-11-12-20(26-25-19)23-15-7-9-18(10-8-15)27(2)3/h4-13H,1-3H3,(H,22,28)(H,23,26)(H,24,29). The van der Waals surface area contributed by atoms with Crippen molar-refractivity contribution in [1.29, 1.82) is 0 Å². The number of hydrogen-bond donors (Lipinski definition) is 3. The number of amides is 2. The molecular formula is C21H22N6O2. The third-order valence-corrected chi connectivity index (χ3v) is 3.99. The molecule has 0 aliphatic carbocycles. The van der Waals surface area contributed by atoms with E-state index >= 15 is 0 Å². The summed E-state index contributed by atoms with van der Waals surface area (Å²) < 4.78 is 0. The van der Waals surface area contributed by atoms with Gasteiger partial charge in [-0.05, 0) is 54.6 Å². The Bertz CT molecular complexity index is 1000. The molecule has 0 spiro atoms. The quantitative estimate of drug-likeness (QED) is 0.596. The lowest BCUT2D eigenvalue weighted by molar-refractivity contribution is -0.114. The molecule has 3 N–H and O–H groups in total. The minimum absolute atomic E-state index is 0.182. The number of aromatic nitrogens is 2. The summed E-state index contributed by atoms with van der Waals surface area (Å²) >= 11 is 0. The predicted octanol–water partition coefficient (Wildman–Crippen LogP) is 3.50. The van der Waals surface area contributed by atoms with Gasteiger partial charge in [0.15, 0.2) is 11.5 Å². The van der Waals surface area contributed by atoms with Gasteiger partial charge in [0, 0.05) is 43.8 Å². The molecule has 0 radical (unpaired) electrons. The molecule has 3 rings (SSSR count). The predicted molar refractivity (Wildman–Crippen MR) is 115 cm³/mol. The molecule has 0 unspecified atom stereocenters. The Morgan fingerprint density at radius 3 is 2.10 bits per heavy atom. The summed E-state index contributed by atoms with van der Waals surface area (Å²) in [5.74, 6) is -0.0371. The molecule has 148 valence electrons. The van der Waals surface area contributed by atoms with Gasteiger partial charge in [-0.3, -0.25) is 9.59 Å². The van der Waals surface area contributed by atoms with Crippen LogP contribution in [0.2, 0.25) is 0 Å². The zero-order valence-corrected chi connectivity index (χ0v) is 16.4. The molecule has 0 fully saturated rings. The molecule has 2 aromatic carbocycles. The molecule has 3 aromatic rings. The second kappa shape index (κ2) is 8.83. The van der Waals surface area contributed by atoms with E-state index in [-0.39, 0.29) is 17.5 Å². The van der Waals surface area contributed by atoms with Gasteiger partial charge in [0.05, 0.1) is 0 Å². The number of nitrogens with zero attached hydrogens (tertiary/aromatic N) is 3. The number of anilines is 5. The number of rotatable bonds is 6. The van der Waals surface area contributed by atoms with Gasteiger partial charge in [-0.1, -0.05) is 6.07 Å². The number of benzene rings is 2. The van der Waals surface area contributed by atoms with E-state index in [1.807, 2.05) is 43.3 Å². The summed E-state index contributed by atoms with van der Waals surface area (Å²) in [6.45, 7) is 1.42. The van der Waals surface area contributed by atoms with Gasteiger partial charge < -0.3 is 20.9 Å². The van der Waals surface area contributed by atoms with Crippen LogP contribution in [0.25, 0.3) is 0 Å². The average molecular weight is 390 g/mol. The Morgan fingerprint density at radius 2 is 1.52 bits per heavy atom. The fourth-order valence-corrected chi connectivity index (χ4v) is 2.58. The van der Waals surface area contributed by atoms with E-state index in [1.54, 1.807) is 36.4 Å². The summed E-state index contributed by atoms with van der Waals surface area (Å²) in [7, 11) is 3.96. The molecule has 0 bridgehead atoms. The van der Waals surface area contributed by atoms with E-state index in [0.717, 1.165) is 11.4 Å². The van der Waals surface area contributed by atoms with Gasteiger partial charge in [-0.15, -0.1) is 10.2 Å². The summed E-state index contributed by atoms with van der Waals surface area (Å²) in [4.78, 5) is 25.6. The molecule has 1 heterocycles. The summed E-state index contributed by atoms with van der Waals surface area (Å²) in [5.41, 5.74) is 3.30. The number of carbonyl (C=O) groups is 2. The first kappa shape index (κ1) is 19.8. The van der Waals surface area contributed by atoms with Crippen LogP contribution in [-0.2, 0) is 4.79 Å². The maximum atomic E-state index is 12.4. The normalized spacial score (nSPS) is 10.2. The van der Waals surface area contributed by atoms with Crippen molar-refractivity contribution in [1.82, 2.24) is 10.2 Å². The summed E-state index contributed by atoms with van der Waals surface area (Å²) in [5, 5.41) is 16.6. The van der Waals surface area contributed by atoms with Crippen molar-refractivity contribution in [3.05, 3.63) is 66.4 Å². The Labute approximate surface area is 169 Å². The minimum atomic E-state index is -0.389. The van der Waals surface area contributed by atoms with Crippen LogP contribution < -0.4 is 20.9 Å². The van der Waals surface area contributed by atoms with Crippen LogP contribution in [0.1, 0.15) is 17.4 Å². The van der Waals surface area contributed by atoms with Crippen LogP contribution in [0.15, 0.2) is 60.7 Å². The van der Waals surface area contributed by atoms with E-state index in [4.69, 9.17) is 0 Å². The van der Waals surface area contributed by atoms with Crippen LogP contribution in [0.3, 0.4) is 0 Å². The second-order valence-corrected chi connectivity index (χ2v) is 6.59. The van der Waals surface area contributed by atoms with Gasteiger partial charge >= 0.3 is 0 Å². The Hall–Kier alpha value is -3.94. The zero-order valence-electron chi connectivity index (χ0n) is 16.4. The minimum Gasteiger partial charge on any atom is -0.378 e. The molecule has 2 amide bonds. The Kier molecular flexibility index (Phi) is 6.03. The number of carbonyl (C=O) groups excluding carboxylic acids is 2. The molecule has 0 saturated carbocycles. The molecule has 1 aromatic heterocycles. The summed E-state index contributed by atoms with van der Waals surface area (Å²) in [6.07, 6.45) is 0. The molecule has 0 aliphatic rings. The lowest BCUT2D eigenvalue weighted by Crippen LogP contribution is -2.15. The fraction of sp³-hybridized carbons (Fsp3) is 0.143. The van der Waals surface area contributed by atoms with Crippen molar-refractivity contribution in [2.75, 3.05) is 34.9 Å². The molecule has 8 heteroatoms. The van der Waals surface area contributed by atoms with Gasteiger partial charge in [0.2, 0.25) is 5.91 Å². The van der Waals surface area contributed by atoms with Crippen LogP contribution >= 0.6 is 0 Å². The van der Waals surface area contributed by atoms with E-state index in [2.05, 4.69) is 26.1 Å². The molecule has 0 saturated heterocycles. The zero-order chi connectivity index (χ0) is 20.8. The first-order chi connectivity index (χ1) is 13.9. The van der Waals surface area contributed by atoms with Crippen molar-refractivity contribution in [3.8, 4) is 0 Å². The molecule has 0 atom stereocenters. The van der Waals surface area contributed by atoms with Crippen LogP contribution in [0.4, 0.5) is 28.6 Å². The molecular weight excluding hydrogens is 368 g/mol. The third kappa shape index (κ3) is 5.52. The first-order valence-corrected chi connectivity index (χ1v) is 8.98. The maximum absolute atomic E-state index is 12.4. The molecule has 29 heavy (non-hydrogen) atoms. The smallest absolute Gasteiger partial charge is 0.276 e. The lowest BCUT2D eigenvalue weighted by Gasteiger charge is -2.13. The van der Waals surface area contributed by atoms with Gasteiger partial charge in [0.25, 0.3) is 5.91 Å². The average Bonchev–Trinajstić information content (AvgIpc) is 2.68. The van der Waals surface area contributed by atoms with Crippen LogP contribution in [0.5, 0.6) is 0 Å². The maximum Gasteiger partial charge on any atom is 0.276 e. The SMILES string of the molecule is CC(=O)Nc1cccc(NC(=O)c2ccc(Nc3ccc(N(C)C)cc3)nn2)c1. The first-order valence-electron chi connectivity index (χ1n) is 8.98. The Balaban J connectivity index is 1.63. The molecule has 8 nitrogen and oxygen atoms in total. The van der Waals surface area contributed by atoms with Gasteiger partial charge in [-0.25, -0.2) is 0 Å². The van der Waals surface area contributed by atoms with Crippen LogP contribution in [0, 0.1) is 0 Å². The number of nitrogens with one attached hydrogen (secondary N) is 3. The van der Waals surface area contributed by atoms with Crippen molar-refractivity contribution in [2.24, 2.45) is 0 Å². The van der Waals surface area contributed by atoms with Crippen molar-refractivity contribution >= 4 is 40.4 Å².